The Kier molecular flexibility index (Phi) is 3.47. The van der Waals surface area contributed by atoms with Gasteiger partial charge in [-0.3, -0.25) is 0 Å². The molecule has 0 fully saturated rings. The second-order valence-corrected chi connectivity index (χ2v) is 5.51. The van der Waals surface area contributed by atoms with Gasteiger partial charge in [0.15, 0.2) is 0 Å². The molecule has 86 valence electrons. The molecule has 3 nitrogen and oxygen atoms in total. The van der Waals surface area contributed by atoms with Crippen molar-refractivity contribution in [3.05, 3.63) is 27.4 Å². The Morgan fingerprint density at radius 3 is 2.88 bits per heavy atom. The third-order valence-corrected chi connectivity index (χ3v) is 4.20. The Morgan fingerprint density at radius 2 is 2.31 bits per heavy atom. The van der Waals surface area contributed by atoms with Crippen LogP contribution in [0.5, 0.6) is 0 Å². The standard InChI is InChI=1S/C11H14BrN3S/c1-7-11(9-4-8(12)6-16-9)15(3)10(14-7)5-13-2/h4,6,13H,5H2,1-3H3. The highest BCUT2D eigenvalue weighted by molar-refractivity contribution is 9.10. The molecule has 2 aromatic heterocycles. The number of rotatable bonds is 3. The van der Waals surface area contributed by atoms with Gasteiger partial charge in [-0.05, 0) is 36.0 Å². The van der Waals surface area contributed by atoms with E-state index in [9.17, 15) is 0 Å². The lowest BCUT2D eigenvalue weighted by Gasteiger charge is -2.04. The summed E-state index contributed by atoms with van der Waals surface area (Å²) in [6.07, 6.45) is 0. The van der Waals surface area contributed by atoms with Crippen molar-refractivity contribution in [2.75, 3.05) is 7.05 Å². The zero-order valence-corrected chi connectivity index (χ0v) is 11.9. The maximum Gasteiger partial charge on any atom is 0.123 e. The molecule has 0 radical (unpaired) electrons. The van der Waals surface area contributed by atoms with Gasteiger partial charge in [-0.2, -0.15) is 0 Å². The van der Waals surface area contributed by atoms with Crippen molar-refractivity contribution in [2.45, 2.75) is 13.5 Å². The molecule has 0 bridgehead atoms. The highest BCUT2D eigenvalue weighted by Crippen LogP contribution is 2.32. The summed E-state index contributed by atoms with van der Waals surface area (Å²) in [6, 6.07) is 2.14. The summed E-state index contributed by atoms with van der Waals surface area (Å²) >= 11 is 5.22. The molecular weight excluding hydrogens is 286 g/mol. The fraction of sp³-hybridized carbons (Fsp3) is 0.364. The first-order valence-electron chi connectivity index (χ1n) is 5.04. The van der Waals surface area contributed by atoms with Crippen molar-refractivity contribution < 1.29 is 0 Å². The molecule has 0 aliphatic carbocycles. The third kappa shape index (κ3) is 2.07. The van der Waals surface area contributed by atoms with Crippen molar-refractivity contribution in [3.8, 4) is 10.6 Å². The van der Waals surface area contributed by atoms with E-state index in [0.29, 0.717) is 0 Å². The Balaban J connectivity index is 2.48. The number of halogens is 1. The van der Waals surface area contributed by atoms with Gasteiger partial charge in [-0.25, -0.2) is 4.98 Å². The molecule has 16 heavy (non-hydrogen) atoms. The topological polar surface area (TPSA) is 29.9 Å². The van der Waals surface area contributed by atoms with Gasteiger partial charge in [-0.1, -0.05) is 0 Å². The van der Waals surface area contributed by atoms with Crippen LogP contribution in [0.4, 0.5) is 0 Å². The predicted octanol–water partition coefficient (Wildman–Crippen LogP) is 2.94. The molecule has 2 rings (SSSR count). The van der Waals surface area contributed by atoms with Gasteiger partial charge in [0.05, 0.1) is 22.8 Å². The number of hydrogen-bond donors (Lipinski definition) is 1. The molecule has 0 spiro atoms. The lowest BCUT2D eigenvalue weighted by molar-refractivity contribution is 0.712. The zero-order valence-electron chi connectivity index (χ0n) is 9.54. The molecule has 0 unspecified atom stereocenters. The molecule has 2 aromatic rings. The maximum absolute atomic E-state index is 4.58. The minimum Gasteiger partial charge on any atom is -0.329 e. The van der Waals surface area contributed by atoms with E-state index < -0.39 is 0 Å². The van der Waals surface area contributed by atoms with Crippen LogP contribution in [0, 0.1) is 6.92 Å². The Bertz CT molecular complexity index is 501. The number of imidazole rings is 1. The summed E-state index contributed by atoms with van der Waals surface area (Å²) in [6.45, 7) is 2.85. The van der Waals surface area contributed by atoms with Crippen LogP contribution in [0.15, 0.2) is 15.9 Å². The number of nitrogens with zero attached hydrogens (tertiary/aromatic N) is 2. The van der Waals surface area contributed by atoms with E-state index in [1.165, 1.54) is 10.6 Å². The van der Waals surface area contributed by atoms with Gasteiger partial charge < -0.3 is 9.88 Å². The minimum atomic E-state index is 0.796. The van der Waals surface area contributed by atoms with E-state index in [1.54, 1.807) is 11.3 Å². The van der Waals surface area contributed by atoms with Crippen molar-refractivity contribution in [1.82, 2.24) is 14.9 Å². The number of hydrogen-bond acceptors (Lipinski definition) is 3. The van der Waals surface area contributed by atoms with Crippen LogP contribution in [-0.2, 0) is 13.6 Å². The first kappa shape index (κ1) is 11.8. The van der Waals surface area contributed by atoms with Gasteiger partial charge in [0.2, 0.25) is 0 Å². The molecule has 1 N–H and O–H groups in total. The molecular formula is C11H14BrN3S. The van der Waals surface area contributed by atoms with Crippen molar-refractivity contribution in [2.24, 2.45) is 7.05 Å². The summed E-state index contributed by atoms with van der Waals surface area (Å²) < 4.78 is 3.28. The monoisotopic (exact) mass is 299 g/mol. The first-order chi connectivity index (χ1) is 7.63. The number of nitrogens with one attached hydrogen (secondary N) is 1. The fourth-order valence-electron chi connectivity index (χ4n) is 1.79. The summed E-state index contributed by atoms with van der Waals surface area (Å²) in [4.78, 5) is 5.83. The Morgan fingerprint density at radius 1 is 1.56 bits per heavy atom. The molecule has 0 atom stereocenters. The molecule has 0 amide bonds. The molecule has 0 aliphatic heterocycles. The van der Waals surface area contributed by atoms with Crippen LogP contribution >= 0.6 is 27.3 Å². The Hall–Kier alpha value is -0.650. The SMILES string of the molecule is CNCc1nc(C)c(-c2cc(Br)cs2)n1C. The molecule has 0 aliphatic rings. The molecule has 0 saturated heterocycles. The lowest BCUT2D eigenvalue weighted by Crippen LogP contribution is -2.10. The van der Waals surface area contributed by atoms with Gasteiger partial charge in [0, 0.05) is 16.9 Å². The molecule has 0 aromatic carbocycles. The van der Waals surface area contributed by atoms with Gasteiger partial charge in [-0.15, -0.1) is 11.3 Å². The van der Waals surface area contributed by atoms with Crippen LogP contribution in [0.25, 0.3) is 10.6 Å². The number of aryl methyl sites for hydroxylation is 1. The van der Waals surface area contributed by atoms with Crippen molar-refractivity contribution >= 4 is 27.3 Å². The second kappa shape index (κ2) is 4.69. The summed E-state index contributed by atoms with van der Waals surface area (Å²) in [5, 5.41) is 5.23. The van der Waals surface area contributed by atoms with Crippen molar-refractivity contribution in [3.63, 3.8) is 0 Å². The van der Waals surface area contributed by atoms with Crippen LogP contribution in [0.2, 0.25) is 0 Å². The molecule has 5 heteroatoms. The minimum absolute atomic E-state index is 0.796. The predicted molar refractivity (Wildman–Crippen MR) is 71.7 cm³/mol. The quantitative estimate of drug-likeness (QED) is 0.944. The lowest BCUT2D eigenvalue weighted by atomic mass is 10.3. The zero-order chi connectivity index (χ0) is 11.7. The smallest absolute Gasteiger partial charge is 0.123 e. The average molecular weight is 300 g/mol. The highest BCUT2D eigenvalue weighted by Gasteiger charge is 2.14. The fourth-order valence-corrected chi connectivity index (χ4v) is 3.35. The number of aromatic nitrogens is 2. The van der Waals surface area contributed by atoms with E-state index in [1.807, 2.05) is 7.05 Å². The van der Waals surface area contributed by atoms with Crippen LogP contribution < -0.4 is 5.32 Å². The van der Waals surface area contributed by atoms with Gasteiger partial charge in [0.25, 0.3) is 0 Å². The van der Waals surface area contributed by atoms with Crippen molar-refractivity contribution in [1.29, 1.82) is 0 Å². The maximum atomic E-state index is 4.58. The highest BCUT2D eigenvalue weighted by atomic mass is 79.9. The first-order valence-corrected chi connectivity index (χ1v) is 6.72. The summed E-state index contributed by atoms with van der Waals surface area (Å²) in [5.41, 5.74) is 2.29. The summed E-state index contributed by atoms with van der Waals surface area (Å²) in [7, 11) is 4.00. The second-order valence-electron chi connectivity index (χ2n) is 3.68. The van der Waals surface area contributed by atoms with E-state index >= 15 is 0 Å². The van der Waals surface area contributed by atoms with E-state index in [-0.39, 0.29) is 0 Å². The van der Waals surface area contributed by atoms with Crippen LogP contribution in [-0.4, -0.2) is 16.6 Å². The van der Waals surface area contributed by atoms with E-state index in [0.717, 1.165) is 22.5 Å². The van der Waals surface area contributed by atoms with E-state index in [2.05, 4.69) is 56.2 Å². The van der Waals surface area contributed by atoms with Gasteiger partial charge in [0.1, 0.15) is 5.82 Å². The largest absolute Gasteiger partial charge is 0.329 e. The number of thiophene rings is 1. The summed E-state index contributed by atoms with van der Waals surface area (Å²) in [5.74, 6) is 1.07. The normalized spacial score (nSPS) is 11.0. The van der Waals surface area contributed by atoms with Crippen LogP contribution in [0.1, 0.15) is 11.5 Å². The van der Waals surface area contributed by atoms with E-state index in [4.69, 9.17) is 0 Å². The van der Waals surface area contributed by atoms with Crippen LogP contribution in [0.3, 0.4) is 0 Å². The molecule has 2 heterocycles. The Labute approximate surface area is 108 Å². The third-order valence-electron chi connectivity index (χ3n) is 2.50. The average Bonchev–Trinajstić information content (AvgIpc) is 2.74. The van der Waals surface area contributed by atoms with Gasteiger partial charge >= 0.3 is 0 Å². The molecule has 0 saturated carbocycles.